The quantitative estimate of drug-likeness (QED) is 0.434. The zero-order valence-electron chi connectivity index (χ0n) is 15.4. The van der Waals surface area contributed by atoms with Crippen molar-refractivity contribution in [3.05, 3.63) is 64.8 Å². The molecule has 1 fully saturated rings. The Hall–Kier alpha value is -3.55. The van der Waals surface area contributed by atoms with Crippen LogP contribution in [0.3, 0.4) is 0 Å². The molecule has 0 amide bonds. The number of fused-ring (bicyclic) bond motifs is 1. The van der Waals surface area contributed by atoms with E-state index in [1.165, 1.54) is 0 Å². The molecule has 2 N–H and O–H groups in total. The first-order valence-electron chi connectivity index (χ1n) is 9.25. The SMILES string of the molecule is Cc1cccc2c(-c3cn(Cc4cccc(C5CC5)[n+]4[O-])nn3)nc(N)nc12. The van der Waals surface area contributed by atoms with Crippen molar-refractivity contribution < 1.29 is 4.73 Å². The van der Waals surface area contributed by atoms with E-state index in [9.17, 15) is 5.21 Å². The first-order chi connectivity index (χ1) is 13.6. The van der Waals surface area contributed by atoms with Gasteiger partial charge in [0.25, 0.3) is 0 Å². The van der Waals surface area contributed by atoms with Crippen molar-refractivity contribution in [2.75, 3.05) is 5.73 Å². The zero-order valence-corrected chi connectivity index (χ0v) is 15.4. The Morgan fingerprint density at radius 2 is 2.00 bits per heavy atom. The van der Waals surface area contributed by atoms with Gasteiger partial charge in [0.15, 0.2) is 5.69 Å². The van der Waals surface area contributed by atoms with E-state index in [2.05, 4.69) is 20.3 Å². The largest absolute Gasteiger partial charge is 0.618 e. The lowest BCUT2D eigenvalue weighted by Crippen LogP contribution is -2.37. The van der Waals surface area contributed by atoms with Crippen LogP contribution in [-0.4, -0.2) is 25.0 Å². The van der Waals surface area contributed by atoms with E-state index in [4.69, 9.17) is 5.73 Å². The van der Waals surface area contributed by atoms with Gasteiger partial charge in [-0.3, -0.25) is 0 Å². The van der Waals surface area contributed by atoms with E-state index in [-0.39, 0.29) is 5.95 Å². The normalized spacial score (nSPS) is 13.9. The molecule has 4 aromatic rings. The Morgan fingerprint density at radius 3 is 2.82 bits per heavy atom. The Labute approximate surface area is 161 Å². The van der Waals surface area contributed by atoms with Crippen molar-refractivity contribution in [3.8, 4) is 11.4 Å². The lowest BCUT2D eigenvalue weighted by Gasteiger charge is -2.08. The van der Waals surface area contributed by atoms with Crippen molar-refractivity contribution in [1.82, 2.24) is 25.0 Å². The fourth-order valence-electron chi connectivity index (χ4n) is 3.52. The molecule has 1 saturated carbocycles. The van der Waals surface area contributed by atoms with Crippen LogP contribution in [0.5, 0.6) is 0 Å². The van der Waals surface area contributed by atoms with E-state index in [0.29, 0.717) is 29.5 Å². The first-order valence-corrected chi connectivity index (χ1v) is 9.25. The molecule has 0 atom stereocenters. The van der Waals surface area contributed by atoms with Gasteiger partial charge in [-0.15, -0.1) is 5.10 Å². The van der Waals surface area contributed by atoms with Gasteiger partial charge >= 0.3 is 0 Å². The van der Waals surface area contributed by atoms with Crippen molar-refractivity contribution in [3.63, 3.8) is 0 Å². The smallest absolute Gasteiger partial charge is 0.221 e. The summed E-state index contributed by atoms with van der Waals surface area (Å²) in [5.74, 6) is 0.586. The molecular formula is C20H19N7O. The van der Waals surface area contributed by atoms with Crippen LogP contribution in [-0.2, 0) is 6.54 Å². The average Bonchev–Trinajstić information content (AvgIpc) is 3.42. The highest BCUT2D eigenvalue weighted by Crippen LogP contribution is 2.38. The molecule has 1 aliphatic carbocycles. The monoisotopic (exact) mass is 373 g/mol. The lowest BCUT2D eigenvalue weighted by molar-refractivity contribution is -0.623. The molecule has 1 aliphatic rings. The highest BCUT2D eigenvalue weighted by Gasteiger charge is 2.31. The number of nitrogens with two attached hydrogens (primary N) is 1. The molecule has 0 spiro atoms. The maximum atomic E-state index is 12.6. The van der Waals surface area contributed by atoms with E-state index < -0.39 is 0 Å². The summed E-state index contributed by atoms with van der Waals surface area (Å²) in [6.07, 6.45) is 3.95. The van der Waals surface area contributed by atoms with Gasteiger partial charge in [-0.1, -0.05) is 23.4 Å². The molecule has 140 valence electrons. The summed E-state index contributed by atoms with van der Waals surface area (Å²) < 4.78 is 2.68. The number of benzene rings is 1. The van der Waals surface area contributed by atoms with Crippen LogP contribution in [0.15, 0.2) is 42.6 Å². The number of pyridine rings is 1. The second-order valence-corrected chi connectivity index (χ2v) is 7.21. The molecule has 5 rings (SSSR count). The second-order valence-electron chi connectivity index (χ2n) is 7.21. The lowest BCUT2D eigenvalue weighted by atomic mass is 10.1. The van der Waals surface area contributed by atoms with E-state index >= 15 is 0 Å². The summed E-state index contributed by atoms with van der Waals surface area (Å²) in [6.45, 7) is 2.32. The number of anilines is 1. The maximum absolute atomic E-state index is 12.6. The molecule has 1 aromatic carbocycles. The van der Waals surface area contributed by atoms with Crippen LogP contribution in [0, 0.1) is 12.1 Å². The predicted octanol–water partition coefficient (Wildman–Crippen LogP) is 2.34. The van der Waals surface area contributed by atoms with Gasteiger partial charge in [-0.05, 0) is 31.4 Å². The topological polar surface area (TPSA) is 109 Å². The summed E-state index contributed by atoms with van der Waals surface area (Å²) in [7, 11) is 0. The Bertz CT molecular complexity index is 1200. The van der Waals surface area contributed by atoms with Crippen LogP contribution in [0.2, 0.25) is 0 Å². The molecule has 3 aromatic heterocycles. The minimum Gasteiger partial charge on any atom is -0.618 e. The average molecular weight is 373 g/mol. The predicted molar refractivity (Wildman–Crippen MR) is 104 cm³/mol. The molecule has 0 aliphatic heterocycles. The van der Waals surface area contributed by atoms with Crippen LogP contribution >= 0.6 is 0 Å². The molecule has 8 heteroatoms. The summed E-state index contributed by atoms with van der Waals surface area (Å²) in [6, 6.07) is 11.5. The number of rotatable bonds is 4. The van der Waals surface area contributed by atoms with Crippen LogP contribution in [0.4, 0.5) is 5.95 Å². The third-order valence-corrected chi connectivity index (χ3v) is 5.10. The Kier molecular flexibility index (Phi) is 3.71. The summed E-state index contributed by atoms with van der Waals surface area (Å²) in [4.78, 5) is 8.73. The fourth-order valence-corrected chi connectivity index (χ4v) is 3.52. The number of hydrogen-bond donors (Lipinski definition) is 1. The minimum absolute atomic E-state index is 0.195. The molecular weight excluding hydrogens is 354 g/mol. The molecule has 0 bridgehead atoms. The number of aromatic nitrogens is 6. The van der Waals surface area contributed by atoms with E-state index in [1.807, 2.05) is 43.3 Å². The Morgan fingerprint density at radius 1 is 1.18 bits per heavy atom. The number of aryl methyl sites for hydroxylation is 1. The highest BCUT2D eigenvalue weighted by molar-refractivity contribution is 5.93. The highest BCUT2D eigenvalue weighted by atomic mass is 16.5. The minimum atomic E-state index is 0.195. The third-order valence-electron chi connectivity index (χ3n) is 5.10. The maximum Gasteiger partial charge on any atom is 0.221 e. The summed E-state index contributed by atoms with van der Waals surface area (Å²) in [5, 5.41) is 21.9. The van der Waals surface area contributed by atoms with Gasteiger partial charge in [0.2, 0.25) is 11.6 Å². The van der Waals surface area contributed by atoms with Crippen LogP contribution < -0.4 is 10.5 Å². The van der Waals surface area contributed by atoms with E-state index in [1.54, 1.807) is 10.9 Å². The molecule has 3 heterocycles. The van der Waals surface area contributed by atoms with Gasteiger partial charge in [0, 0.05) is 23.4 Å². The van der Waals surface area contributed by atoms with Crippen molar-refractivity contribution >= 4 is 16.9 Å². The van der Waals surface area contributed by atoms with Crippen LogP contribution in [0.25, 0.3) is 22.3 Å². The van der Waals surface area contributed by atoms with Crippen molar-refractivity contribution in [2.24, 2.45) is 0 Å². The third kappa shape index (κ3) is 2.83. The number of para-hydroxylation sites is 1. The van der Waals surface area contributed by atoms with Gasteiger partial charge in [-0.25, -0.2) is 14.6 Å². The molecule has 8 nitrogen and oxygen atoms in total. The van der Waals surface area contributed by atoms with E-state index in [0.717, 1.165) is 39.7 Å². The second kappa shape index (κ2) is 6.26. The molecule has 0 unspecified atom stereocenters. The molecule has 0 radical (unpaired) electrons. The first kappa shape index (κ1) is 16.6. The standard InChI is InChI=1S/C20H19N7O/c1-12-4-2-6-15-18(12)22-20(21)23-19(15)16-11-26(25-24-16)10-14-5-3-7-17(27(14)28)13-8-9-13/h2-7,11,13H,8-10H2,1H3,(H2,21,22,23). The van der Waals surface area contributed by atoms with Gasteiger partial charge in [0.1, 0.15) is 17.9 Å². The van der Waals surface area contributed by atoms with Gasteiger partial charge in [0.05, 0.1) is 11.7 Å². The fraction of sp³-hybridized carbons (Fsp3) is 0.250. The molecule has 0 saturated heterocycles. The number of nitrogen functional groups attached to an aromatic ring is 1. The number of hydrogen-bond acceptors (Lipinski definition) is 6. The Balaban J connectivity index is 1.52. The van der Waals surface area contributed by atoms with Crippen molar-refractivity contribution in [1.29, 1.82) is 0 Å². The summed E-state index contributed by atoms with van der Waals surface area (Å²) in [5.41, 5.74) is 10.4. The van der Waals surface area contributed by atoms with Crippen LogP contribution in [0.1, 0.15) is 35.7 Å². The zero-order chi connectivity index (χ0) is 19.3. The van der Waals surface area contributed by atoms with Gasteiger partial charge in [-0.2, -0.15) is 4.73 Å². The molecule has 28 heavy (non-hydrogen) atoms. The summed E-state index contributed by atoms with van der Waals surface area (Å²) >= 11 is 0. The van der Waals surface area contributed by atoms with Gasteiger partial charge < -0.3 is 10.9 Å². The number of nitrogens with zero attached hydrogens (tertiary/aromatic N) is 6. The van der Waals surface area contributed by atoms with Crippen molar-refractivity contribution in [2.45, 2.75) is 32.2 Å².